The first-order chi connectivity index (χ1) is 7.83. The van der Waals surface area contributed by atoms with Crippen molar-refractivity contribution in [2.45, 2.75) is 31.7 Å². The van der Waals surface area contributed by atoms with Crippen molar-refractivity contribution in [3.8, 4) is 0 Å². The van der Waals surface area contributed by atoms with Gasteiger partial charge in [-0.05, 0) is 25.0 Å². The minimum Gasteiger partial charge on any atom is -0.459 e. The Morgan fingerprint density at radius 1 is 1.50 bits per heavy atom. The summed E-state index contributed by atoms with van der Waals surface area (Å²) in [6.07, 6.45) is 5.93. The fourth-order valence-corrected chi connectivity index (χ4v) is 2.23. The van der Waals surface area contributed by atoms with Gasteiger partial charge in [-0.1, -0.05) is 12.8 Å². The zero-order chi connectivity index (χ0) is 11.4. The number of rotatable bonds is 2. The van der Waals surface area contributed by atoms with E-state index >= 15 is 0 Å². The van der Waals surface area contributed by atoms with Crippen molar-refractivity contribution in [2.75, 3.05) is 13.1 Å². The van der Waals surface area contributed by atoms with E-state index in [1.807, 2.05) is 4.90 Å². The summed E-state index contributed by atoms with van der Waals surface area (Å²) in [7, 11) is 0. The molecule has 0 radical (unpaired) electrons. The molecular formula is C12H18N2O2. The highest BCUT2D eigenvalue weighted by Gasteiger charge is 2.26. The highest BCUT2D eigenvalue weighted by Crippen LogP contribution is 2.18. The molecule has 2 rings (SSSR count). The van der Waals surface area contributed by atoms with Crippen LogP contribution in [0.1, 0.15) is 36.2 Å². The molecule has 1 saturated heterocycles. The normalized spacial score (nSPS) is 21.8. The number of hydrogen-bond donors (Lipinski definition) is 1. The maximum Gasteiger partial charge on any atom is 0.289 e. The van der Waals surface area contributed by atoms with Crippen LogP contribution in [0.15, 0.2) is 22.8 Å². The highest BCUT2D eigenvalue weighted by molar-refractivity contribution is 5.91. The van der Waals surface area contributed by atoms with Crippen molar-refractivity contribution in [3.63, 3.8) is 0 Å². The third-order valence-corrected chi connectivity index (χ3v) is 3.14. The minimum absolute atomic E-state index is 0.0256. The molecular weight excluding hydrogens is 204 g/mol. The summed E-state index contributed by atoms with van der Waals surface area (Å²) in [5.74, 6) is 0.391. The first-order valence-corrected chi connectivity index (χ1v) is 5.87. The van der Waals surface area contributed by atoms with E-state index in [1.54, 1.807) is 12.1 Å². The van der Waals surface area contributed by atoms with Crippen LogP contribution >= 0.6 is 0 Å². The van der Waals surface area contributed by atoms with E-state index in [-0.39, 0.29) is 11.9 Å². The largest absolute Gasteiger partial charge is 0.459 e. The van der Waals surface area contributed by atoms with Crippen molar-refractivity contribution < 1.29 is 9.21 Å². The van der Waals surface area contributed by atoms with E-state index in [4.69, 9.17) is 10.2 Å². The molecule has 1 aromatic heterocycles. The van der Waals surface area contributed by atoms with Crippen molar-refractivity contribution >= 4 is 5.91 Å². The molecule has 1 atom stereocenters. The van der Waals surface area contributed by atoms with Gasteiger partial charge in [0.15, 0.2) is 5.76 Å². The fraction of sp³-hybridized carbons (Fsp3) is 0.583. The topological polar surface area (TPSA) is 59.5 Å². The lowest BCUT2D eigenvalue weighted by molar-refractivity contribution is 0.0656. The average Bonchev–Trinajstić information content (AvgIpc) is 2.73. The zero-order valence-electron chi connectivity index (χ0n) is 9.39. The number of carbonyl (C=O) groups excluding carboxylic acids is 1. The Kier molecular flexibility index (Phi) is 3.62. The van der Waals surface area contributed by atoms with Crippen LogP contribution in [-0.2, 0) is 0 Å². The number of amides is 1. The second-order valence-electron chi connectivity index (χ2n) is 4.21. The standard InChI is InChI=1S/C12H18N2O2/c13-9-10-5-2-1-3-7-14(10)12(15)11-6-4-8-16-11/h4,6,8,10H,1-3,5,7,9,13H2. The molecule has 88 valence electrons. The van der Waals surface area contributed by atoms with E-state index < -0.39 is 0 Å². The molecule has 1 fully saturated rings. The lowest BCUT2D eigenvalue weighted by Gasteiger charge is -2.28. The quantitative estimate of drug-likeness (QED) is 0.827. The van der Waals surface area contributed by atoms with E-state index in [1.165, 1.54) is 12.7 Å². The summed E-state index contributed by atoms with van der Waals surface area (Å²) in [5, 5.41) is 0. The number of hydrogen-bond acceptors (Lipinski definition) is 3. The third-order valence-electron chi connectivity index (χ3n) is 3.14. The Balaban J connectivity index is 2.13. The van der Waals surface area contributed by atoms with Crippen LogP contribution in [0.4, 0.5) is 0 Å². The molecule has 1 unspecified atom stereocenters. The van der Waals surface area contributed by atoms with Gasteiger partial charge in [-0.15, -0.1) is 0 Å². The molecule has 0 saturated carbocycles. The summed E-state index contributed by atoms with van der Waals surface area (Å²) >= 11 is 0. The van der Waals surface area contributed by atoms with E-state index in [2.05, 4.69) is 0 Å². The van der Waals surface area contributed by atoms with Crippen LogP contribution in [0.25, 0.3) is 0 Å². The molecule has 0 aliphatic carbocycles. The molecule has 1 amide bonds. The predicted octanol–water partition coefficient (Wildman–Crippen LogP) is 1.62. The average molecular weight is 222 g/mol. The predicted molar refractivity (Wildman–Crippen MR) is 61.1 cm³/mol. The Bertz CT molecular complexity index is 335. The summed E-state index contributed by atoms with van der Waals surface area (Å²) in [6, 6.07) is 3.61. The van der Waals surface area contributed by atoms with Crippen LogP contribution in [0.3, 0.4) is 0 Å². The molecule has 0 spiro atoms. The highest BCUT2D eigenvalue weighted by atomic mass is 16.3. The molecule has 1 aliphatic heterocycles. The van der Waals surface area contributed by atoms with E-state index in [0.717, 1.165) is 25.8 Å². The van der Waals surface area contributed by atoms with Crippen LogP contribution in [-0.4, -0.2) is 29.9 Å². The van der Waals surface area contributed by atoms with Gasteiger partial charge >= 0.3 is 0 Å². The van der Waals surface area contributed by atoms with Crippen molar-refractivity contribution in [2.24, 2.45) is 5.73 Å². The molecule has 4 heteroatoms. The molecule has 16 heavy (non-hydrogen) atoms. The number of furan rings is 1. The first kappa shape index (κ1) is 11.2. The van der Waals surface area contributed by atoms with E-state index in [9.17, 15) is 4.79 Å². The summed E-state index contributed by atoms with van der Waals surface area (Å²) in [6.45, 7) is 1.33. The first-order valence-electron chi connectivity index (χ1n) is 5.87. The van der Waals surface area contributed by atoms with Gasteiger partial charge in [0, 0.05) is 19.1 Å². The van der Waals surface area contributed by atoms with Crippen LogP contribution < -0.4 is 5.73 Å². The van der Waals surface area contributed by atoms with Gasteiger partial charge in [0.05, 0.1) is 6.26 Å². The Morgan fingerprint density at radius 3 is 3.06 bits per heavy atom. The van der Waals surface area contributed by atoms with Crippen LogP contribution in [0, 0.1) is 0 Å². The molecule has 1 aliphatic rings. The molecule has 2 N–H and O–H groups in total. The van der Waals surface area contributed by atoms with Gasteiger partial charge in [0.2, 0.25) is 0 Å². The van der Waals surface area contributed by atoms with Crippen molar-refractivity contribution in [1.29, 1.82) is 0 Å². The van der Waals surface area contributed by atoms with Gasteiger partial charge in [-0.3, -0.25) is 4.79 Å². The second-order valence-corrected chi connectivity index (χ2v) is 4.21. The Hall–Kier alpha value is -1.29. The Morgan fingerprint density at radius 2 is 2.38 bits per heavy atom. The SMILES string of the molecule is NCC1CCCCCN1C(=O)c1ccco1. The zero-order valence-corrected chi connectivity index (χ0v) is 9.39. The molecule has 2 heterocycles. The van der Waals surface area contributed by atoms with Gasteiger partial charge in [-0.2, -0.15) is 0 Å². The molecule has 1 aromatic rings. The smallest absolute Gasteiger partial charge is 0.289 e. The number of nitrogens with zero attached hydrogens (tertiary/aromatic N) is 1. The molecule has 0 aromatic carbocycles. The number of nitrogens with two attached hydrogens (primary N) is 1. The summed E-state index contributed by atoms with van der Waals surface area (Å²) in [5.41, 5.74) is 5.73. The van der Waals surface area contributed by atoms with Gasteiger partial charge < -0.3 is 15.1 Å². The van der Waals surface area contributed by atoms with E-state index in [0.29, 0.717) is 12.3 Å². The van der Waals surface area contributed by atoms with Gasteiger partial charge in [-0.25, -0.2) is 0 Å². The maximum absolute atomic E-state index is 12.2. The summed E-state index contributed by atoms with van der Waals surface area (Å²) < 4.78 is 5.15. The fourth-order valence-electron chi connectivity index (χ4n) is 2.23. The van der Waals surface area contributed by atoms with Crippen molar-refractivity contribution in [1.82, 2.24) is 4.90 Å². The monoisotopic (exact) mass is 222 g/mol. The third kappa shape index (κ3) is 2.27. The summed E-state index contributed by atoms with van der Waals surface area (Å²) in [4.78, 5) is 14.0. The number of likely N-dealkylation sites (tertiary alicyclic amines) is 1. The molecule has 4 nitrogen and oxygen atoms in total. The van der Waals surface area contributed by atoms with Gasteiger partial charge in [0.25, 0.3) is 5.91 Å². The number of carbonyl (C=O) groups is 1. The van der Waals surface area contributed by atoms with Crippen LogP contribution in [0.2, 0.25) is 0 Å². The second kappa shape index (κ2) is 5.16. The van der Waals surface area contributed by atoms with Gasteiger partial charge in [0.1, 0.15) is 0 Å². The molecule has 0 bridgehead atoms. The van der Waals surface area contributed by atoms with Crippen molar-refractivity contribution in [3.05, 3.63) is 24.2 Å². The lowest BCUT2D eigenvalue weighted by atomic mass is 10.1. The minimum atomic E-state index is -0.0256. The Labute approximate surface area is 95.4 Å². The lowest BCUT2D eigenvalue weighted by Crippen LogP contribution is -2.44. The van der Waals surface area contributed by atoms with Crippen LogP contribution in [0.5, 0.6) is 0 Å². The maximum atomic E-state index is 12.2.